The highest BCUT2D eigenvalue weighted by Gasteiger charge is 2.12. The molecule has 90 valence electrons. The summed E-state index contributed by atoms with van der Waals surface area (Å²) in [6, 6.07) is 5.95. The zero-order chi connectivity index (χ0) is 12.8. The second-order valence-corrected chi connectivity index (χ2v) is 3.41. The largest absolute Gasteiger partial charge is 0.488 e. The Hall–Kier alpha value is -1.86. The van der Waals surface area contributed by atoms with Crippen LogP contribution in [0.3, 0.4) is 0 Å². The number of benzene rings is 1. The van der Waals surface area contributed by atoms with Gasteiger partial charge in [0.15, 0.2) is 0 Å². The lowest BCUT2D eigenvalue weighted by atomic mass is 9.80. The van der Waals surface area contributed by atoms with E-state index < -0.39 is 13.1 Å². The minimum Gasteiger partial charge on any atom is -0.481 e. The predicted molar refractivity (Wildman–Crippen MR) is 61.9 cm³/mol. The normalized spacial score (nSPS) is 9.76. The SMILES string of the molecule is O=CN(CCC(=O)O)c1ccc(B(O)O)cc1. The summed E-state index contributed by atoms with van der Waals surface area (Å²) in [5.41, 5.74) is 0.809. The average Bonchev–Trinajstić information content (AvgIpc) is 2.30. The molecule has 7 heteroatoms. The Kier molecular flexibility index (Phi) is 4.68. The maximum absolute atomic E-state index is 10.8. The molecule has 1 rings (SSSR count). The number of nitrogens with zero attached hydrogens (tertiary/aromatic N) is 1. The van der Waals surface area contributed by atoms with Gasteiger partial charge < -0.3 is 20.1 Å². The molecule has 0 aliphatic rings. The molecule has 0 saturated carbocycles. The minimum atomic E-state index is -1.56. The second-order valence-electron chi connectivity index (χ2n) is 3.41. The van der Waals surface area contributed by atoms with Crippen LogP contribution in [0.15, 0.2) is 24.3 Å². The van der Waals surface area contributed by atoms with E-state index >= 15 is 0 Å². The van der Waals surface area contributed by atoms with Gasteiger partial charge in [-0.15, -0.1) is 0 Å². The number of hydrogen-bond donors (Lipinski definition) is 3. The van der Waals surface area contributed by atoms with Gasteiger partial charge in [0.2, 0.25) is 6.41 Å². The quantitative estimate of drug-likeness (QED) is 0.426. The van der Waals surface area contributed by atoms with Crippen LogP contribution in [0.5, 0.6) is 0 Å². The predicted octanol–water partition coefficient (Wildman–Crippen LogP) is -1.20. The van der Waals surface area contributed by atoms with Gasteiger partial charge in [-0.3, -0.25) is 9.59 Å². The molecule has 0 spiro atoms. The van der Waals surface area contributed by atoms with Crippen LogP contribution in [-0.4, -0.2) is 41.2 Å². The molecule has 1 amide bonds. The van der Waals surface area contributed by atoms with Crippen molar-refractivity contribution in [1.82, 2.24) is 0 Å². The number of aliphatic carboxylic acids is 1. The molecule has 6 nitrogen and oxygen atoms in total. The number of carbonyl (C=O) groups excluding carboxylic acids is 1. The van der Waals surface area contributed by atoms with Crippen molar-refractivity contribution in [3.63, 3.8) is 0 Å². The van der Waals surface area contributed by atoms with Crippen LogP contribution in [0.1, 0.15) is 6.42 Å². The molecule has 0 aliphatic heterocycles. The summed E-state index contributed by atoms with van der Waals surface area (Å²) in [7, 11) is -1.56. The molecule has 0 heterocycles. The zero-order valence-corrected chi connectivity index (χ0v) is 8.98. The maximum atomic E-state index is 10.8. The van der Waals surface area contributed by atoms with E-state index in [2.05, 4.69) is 0 Å². The highest BCUT2D eigenvalue weighted by atomic mass is 16.4. The van der Waals surface area contributed by atoms with Crippen molar-refractivity contribution in [2.24, 2.45) is 0 Å². The minimum absolute atomic E-state index is 0.0693. The first-order valence-corrected chi connectivity index (χ1v) is 4.94. The van der Waals surface area contributed by atoms with Gasteiger partial charge in [-0.1, -0.05) is 12.1 Å². The van der Waals surface area contributed by atoms with E-state index in [9.17, 15) is 9.59 Å². The Bertz CT molecular complexity index is 392. The maximum Gasteiger partial charge on any atom is 0.488 e. The summed E-state index contributed by atoms with van der Waals surface area (Å²) in [5.74, 6) is -0.987. The van der Waals surface area contributed by atoms with Crippen LogP contribution in [0, 0.1) is 0 Å². The molecule has 0 saturated heterocycles. The second kappa shape index (κ2) is 6.02. The summed E-state index contributed by atoms with van der Waals surface area (Å²) in [6.45, 7) is 0.0693. The number of rotatable bonds is 6. The van der Waals surface area contributed by atoms with Crippen LogP contribution in [0.25, 0.3) is 0 Å². The Morgan fingerprint density at radius 1 is 1.29 bits per heavy atom. The summed E-state index contributed by atoms with van der Waals surface area (Å²) < 4.78 is 0. The van der Waals surface area contributed by atoms with E-state index in [1.165, 1.54) is 29.2 Å². The van der Waals surface area contributed by atoms with E-state index in [1.807, 2.05) is 0 Å². The highest BCUT2D eigenvalue weighted by Crippen LogP contribution is 2.10. The number of amides is 1. The first-order valence-electron chi connectivity index (χ1n) is 4.94. The summed E-state index contributed by atoms with van der Waals surface area (Å²) >= 11 is 0. The lowest BCUT2D eigenvalue weighted by Gasteiger charge is -2.16. The van der Waals surface area contributed by atoms with E-state index in [4.69, 9.17) is 15.2 Å². The molecule has 3 N–H and O–H groups in total. The first-order chi connectivity index (χ1) is 8.04. The van der Waals surface area contributed by atoms with Gasteiger partial charge in [0.05, 0.1) is 6.42 Å². The van der Waals surface area contributed by atoms with Gasteiger partial charge in [0.25, 0.3) is 0 Å². The van der Waals surface area contributed by atoms with Crippen molar-refractivity contribution in [1.29, 1.82) is 0 Å². The van der Waals surface area contributed by atoms with Crippen molar-refractivity contribution < 1.29 is 24.7 Å². The number of hydrogen-bond acceptors (Lipinski definition) is 4. The monoisotopic (exact) mass is 237 g/mol. The van der Waals surface area contributed by atoms with E-state index in [1.54, 1.807) is 0 Å². The fourth-order valence-corrected chi connectivity index (χ4v) is 1.30. The van der Waals surface area contributed by atoms with Crippen molar-refractivity contribution in [3.8, 4) is 0 Å². The number of anilines is 1. The molecular weight excluding hydrogens is 225 g/mol. The average molecular weight is 237 g/mol. The molecule has 0 aliphatic carbocycles. The smallest absolute Gasteiger partial charge is 0.481 e. The lowest BCUT2D eigenvalue weighted by Crippen LogP contribution is -2.30. The van der Waals surface area contributed by atoms with Crippen LogP contribution in [0.2, 0.25) is 0 Å². The molecular formula is C10H12BNO5. The van der Waals surface area contributed by atoms with Crippen LogP contribution in [-0.2, 0) is 9.59 Å². The van der Waals surface area contributed by atoms with Gasteiger partial charge >= 0.3 is 13.1 Å². The lowest BCUT2D eigenvalue weighted by molar-refractivity contribution is -0.136. The van der Waals surface area contributed by atoms with Crippen molar-refractivity contribution >= 4 is 30.6 Å². The zero-order valence-electron chi connectivity index (χ0n) is 8.98. The van der Waals surface area contributed by atoms with Crippen LogP contribution < -0.4 is 10.4 Å². The van der Waals surface area contributed by atoms with E-state index in [0.29, 0.717) is 17.6 Å². The van der Waals surface area contributed by atoms with Gasteiger partial charge in [0.1, 0.15) is 0 Å². The standard InChI is InChI=1S/C10H12BNO5/c13-7-12(6-5-10(14)15)9-3-1-8(2-4-9)11(16)17/h1-4,7,16-17H,5-6H2,(H,14,15). The fraction of sp³-hybridized carbons (Fsp3) is 0.200. The summed E-state index contributed by atoms with van der Waals surface area (Å²) in [4.78, 5) is 22.4. The molecule has 0 unspecified atom stereocenters. The number of carbonyl (C=O) groups is 2. The summed E-state index contributed by atoms with van der Waals surface area (Å²) in [5, 5.41) is 26.3. The third kappa shape index (κ3) is 3.89. The van der Waals surface area contributed by atoms with Gasteiger partial charge in [-0.2, -0.15) is 0 Å². The molecule has 0 radical (unpaired) electrons. The Balaban J connectivity index is 2.75. The first kappa shape index (κ1) is 13.2. The Labute approximate surface area is 98.2 Å². The molecule has 17 heavy (non-hydrogen) atoms. The highest BCUT2D eigenvalue weighted by molar-refractivity contribution is 6.58. The van der Waals surface area contributed by atoms with Gasteiger partial charge in [-0.05, 0) is 17.6 Å². The Morgan fingerprint density at radius 2 is 1.88 bits per heavy atom. The topological polar surface area (TPSA) is 98.1 Å². The van der Waals surface area contributed by atoms with E-state index in [-0.39, 0.29) is 13.0 Å². The van der Waals surface area contributed by atoms with Crippen molar-refractivity contribution in [2.45, 2.75) is 6.42 Å². The summed E-state index contributed by atoms with van der Waals surface area (Å²) in [6.07, 6.45) is 0.385. The van der Waals surface area contributed by atoms with Crippen molar-refractivity contribution in [3.05, 3.63) is 24.3 Å². The number of carboxylic acid groups (broad SMARTS) is 1. The van der Waals surface area contributed by atoms with Gasteiger partial charge in [-0.25, -0.2) is 0 Å². The molecule has 0 fully saturated rings. The third-order valence-corrected chi connectivity index (χ3v) is 2.22. The Morgan fingerprint density at radius 3 is 2.29 bits per heavy atom. The van der Waals surface area contributed by atoms with E-state index in [0.717, 1.165) is 0 Å². The third-order valence-electron chi connectivity index (χ3n) is 2.22. The molecule has 0 atom stereocenters. The molecule has 0 aromatic heterocycles. The molecule has 1 aromatic carbocycles. The molecule has 0 bridgehead atoms. The van der Waals surface area contributed by atoms with Gasteiger partial charge in [0, 0.05) is 12.2 Å². The van der Waals surface area contributed by atoms with Crippen LogP contribution >= 0.6 is 0 Å². The molecule has 1 aromatic rings. The number of carboxylic acids is 1. The fourth-order valence-electron chi connectivity index (χ4n) is 1.30. The van der Waals surface area contributed by atoms with Crippen LogP contribution in [0.4, 0.5) is 5.69 Å². The van der Waals surface area contributed by atoms with Crippen molar-refractivity contribution in [2.75, 3.05) is 11.4 Å².